The van der Waals surface area contributed by atoms with E-state index in [1.807, 2.05) is 30.3 Å². The molecule has 0 unspecified atom stereocenters. The van der Waals surface area contributed by atoms with Crippen molar-refractivity contribution in [2.45, 2.75) is 0 Å². The van der Waals surface area contributed by atoms with Gasteiger partial charge in [0, 0.05) is 5.69 Å². The lowest BCUT2D eigenvalue weighted by Crippen LogP contribution is -2.23. The van der Waals surface area contributed by atoms with Crippen LogP contribution in [-0.4, -0.2) is 16.3 Å². The first-order valence-corrected chi connectivity index (χ1v) is 6.79. The number of H-pyrrole nitrogens is 1. The number of hydrazone groups is 1. The Morgan fingerprint density at radius 3 is 2.79 bits per heavy atom. The fourth-order valence-electron chi connectivity index (χ4n) is 1.23. The number of anilines is 1. The van der Waals surface area contributed by atoms with E-state index >= 15 is 0 Å². The maximum atomic E-state index is 11.0. The second kappa shape index (κ2) is 6.46. The van der Waals surface area contributed by atoms with E-state index in [1.54, 1.807) is 0 Å². The van der Waals surface area contributed by atoms with Crippen LogP contribution in [0.2, 0.25) is 5.15 Å². The molecule has 0 aliphatic rings. The summed E-state index contributed by atoms with van der Waals surface area (Å²) in [6.45, 7) is 0. The quantitative estimate of drug-likeness (QED) is 0.462. The molecule has 3 N–H and O–H groups in total. The van der Waals surface area contributed by atoms with Crippen LogP contribution in [0.25, 0.3) is 0 Å². The number of hydrogen-bond acceptors (Lipinski definition) is 4. The highest BCUT2D eigenvalue weighted by Gasteiger charge is 2.02. The maximum Gasteiger partial charge on any atom is 0.306 e. The largest absolute Gasteiger partial charge is 0.331 e. The van der Waals surface area contributed by atoms with Gasteiger partial charge in [-0.25, -0.2) is 0 Å². The van der Waals surface area contributed by atoms with Crippen molar-refractivity contribution < 1.29 is 0 Å². The Kier molecular flexibility index (Phi) is 4.67. The minimum Gasteiger partial charge on any atom is -0.331 e. The molecule has 0 bridgehead atoms. The van der Waals surface area contributed by atoms with E-state index < -0.39 is 0 Å². The number of nitrogens with one attached hydrogen (secondary N) is 3. The SMILES string of the molecule is O=c1[nH]c(Cl)c(C=NNC(=S)Nc2ccccc2)s1. The van der Waals surface area contributed by atoms with Gasteiger partial charge in [-0.1, -0.05) is 41.1 Å². The van der Waals surface area contributed by atoms with Crippen LogP contribution in [0.4, 0.5) is 5.69 Å². The average molecular weight is 313 g/mol. The number of aromatic amines is 1. The number of para-hydroxylation sites is 1. The Morgan fingerprint density at radius 2 is 2.16 bits per heavy atom. The van der Waals surface area contributed by atoms with E-state index in [9.17, 15) is 4.79 Å². The third-order valence-corrected chi connectivity index (χ3v) is 3.43. The highest BCUT2D eigenvalue weighted by Crippen LogP contribution is 2.11. The molecule has 0 fully saturated rings. The van der Waals surface area contributed by atoms with E-state index in [-0.39, 0.29) is 10.0 Å². The molecule has 0 spiro atoms. The van der Waals surface area contributed by atoms with Gasteiger partial charge < -0.3 is 10.3 Å². The average Bonchev–Trinajstić information content (AvgIpc) is 2.69. The van der Waals surface area contributed by atoms with Gasteiger partial charge in [0.25, 0.3) is 0 Å². The smallest absolute Gasteiger partial charge is 0.306 e. The van der Waals surface area contributed by atoms with Gasteiger partial charge in [0.15, 0.2) is 5.11 Å². The standard InChI is InChI=1S/C11H9ClN4OS2/c12-9-8(19-11(17)15-9)6-13-16-10(18)14-7-4-2-1-3-5-7/h1-6H,(H,15,17)(H2,14,16,18). The van der Waals surface area contributed by atoms with Gasteiger partial charge >= 0.3 is 4.87 Å². The van der Waals surface area contributed by atoms with Gasteiger partial charge in [-0.3, -0.25) is 10.2 Å². The first kappa shape index (κ1) is 13.7. The molecule has 0 aliphatic carbocycles. The molecule has 1 aromatic carbocycles. The minimum atomic E-state index is -0.226. The van der Waals surface area contributed by atoms with Crippen molar-refractivity contribution in [1.82, 2.24) is 10.4 Å². The normalized spacial score (nSPS) is 10.6. The van der Waals surface area contributed by atoms with E-state index in [0.29, 0.717) is 9.99 Å². The fraction of sp³-hybridized carbons (Fsp3) is 0. The van der Waals surface area contributed by atoms with Crippen molar-refractivity contribution in [3.05, 3.63) is 50.0 Å². The van der Waals surface area contributed by atoms with Crippen molar-refractivity contribution >= 4 is 52.2 Å². The van der Waals surface area contributed by atoms with Gasteiger partial charge in [-0.05, 0) is 24.4 Å². The summed E-state index contributed by atoms with van der Waals surface area (Å²) in [6, 6.07) is 9.46. The number of thiazole rings is 1. The molecule has 0 aliphatic heterocycles. The second-order valence-corrected chi connectivity index (χ2v) is 5.18. The van der Waals surface area contributed by atoms with Crippen LogP contribution >= 0.6 is 35.2 Å². The van der Waals surface area contributed by atoms with Crippen molar-refractivity contribution in [1.29, 1.82) is 0 Å². The Bertz CT molecular complexity index is 650. The molecular weight excluding hydrogens is 304 g/mol. The molecule has 98 valence electrons. The van der Waals surface area contributed by atoms with Gasteiger partial charge in [0.1, 0.15) is 5.15 Å². The van der Waals surface area contributed by atoms with Crippen LogP contribution in [0.3, 0.4) is 0 Å². The third-order valence-electron chi connectivity index (χ3n) is 2.01. The van der Waals surface area contributed by atoms with Gasteiger partial charge in [0.2, 0.25) is 0 Å². The lowest BCUT2D eigenvalue weighted by atomic mass is 10.3. The van der Waals surface area contributed by atoms with Crippen LogP contribution in [0, 0.1) is 0 Å². The van der Waals surface area contributed by atoms with Crippen LogP contribution in [0.1, 0.15) is 4.88 Å². The summed E-state index contributed by atoms with van der Waals surface area (Å²) in [4.78, 5) is 13.8. The fourth-order valence-corrected chi connectivity index (χ4v) is 2.31. The Balaban J connectivity index is 1.90. The third kappa shape index (κ3) is 4.16. The summed E-state index contributed by atoms with van der Waals surface area (Å²) >= 11 is 11.8. The molecule has 19 heavy (non-hydrogen) atoms. The molecule has 8 heteroatoms. The first-order chi connectivity index (χ1) is 9.15. The lowest BCUT2D eigenvalue weighted by Gasteiger charge is -2.05. The van der Waals surface area contributed by atoms with Crippen molar-refractivity contribution in [2.24, 2.45) is 5.10 Å². The summed E-state index contributed by atoms with van der Waals surface area (Å²) in [7, 11) is 0. The zero-order valence-electron chi connectivity index (χ0n) is 9.51. The molecule has 2 aromatic rings. The molecule has 1 aromatic heterocycles. The van der Waals surface area contributed by atoms with E-state index in [1.165, 1.54) is 6.21 Å². The van der Waals surface area contributed by atoms with Crippen LogP contribution in [0.5, 0.6) is 0 Å². The molecule has 0 amide bonds. The van der Waals surface area contributed by atoms with E-state index in [2.05, 4.69) is 20.8 Å². The Morgan fingerprint density at radius 1 is 1.42 bits per heavy atom. The second-order valence-electron chi connectivity index (χ2n) is 3.38. The Labute approximate surface area is 123 Å². The van der Waals surface area contributed by atoms with Gasteiger partial charge in [0.05, 0.1) is 11.1 Å². The number of aromatic nitrogens is 1. The first-order valence-electron chi connectivity index (χ1n) is 5.19. The highest BCUT2D eigenvalue weighted by molar-refractivity contribution is 7.80. The molecule has 2 rings (SSSR count). The van der Waals surface area contributed by atoms with Crippen LogP contribution in [-0.2, 0) is 0 Å². The van der Waals surface area contributed by atoms with E-state index in [0.717, 1.165) is 17.0 Å². The predicted molar refractivity (Wildman–Crippen MR) is 83.3 cm³/mol. The lowest BCUT2D eigenvalue weighted by molar-refractivity contribution is 1.05. The highest BCUT2D eigenvalue weighted by atomic mass is 35.5. The molecule has 0 atom stereocenters. The monoisotopic (exact) mass is 312 g/mol. The van der Waals surface area contributed by atoms with Crippen LogP contribution in [0.15, 0.2) is 40.2 Å². The zero-order chi connectivity index (χ0) is 13.7. The Hall–Kier alpha value is -1.70. The summed E-state index contributed by atoms with van der Waals surface area (Å²) in [5.74, 6) is 0. The number of hydrogen-bond donors (Lipinski definition) is 3. The van der Waals surface area contributed by atoms with Gasteiger partial charge in [-0.2, -0.15) is 5.10 Å². The zero-order valence-corrected chi connectivity index (χ0v) is 11.9. The minimum absolute atomic E-state index is 0.226. The summed E-state index contributed by atoms with van der Waals surface area (Å²) in [5.41, 5.74) is 3.50. The van der Waals surface area contributed by atoms with E-state index in [4.69, 9.17) is 23.8 Å². The molecule has 0 saturated carbocycles. The number of benzene rings is 1. The molecule has 5 nitrogen and oxygen atoms in total. The number of nitrogens with zero attached hydrogens (tertiary/aromatic N) is 1. The summed E-state index contributed by atoms with van der Waals surface area (Å²) in [5, 5.41) is 7.47. The molecule has 0 saturated heterocycles. The summed E-state index contributed by atoms with van der Waals surface area (Å²) < 4.78 is 0. The molecular formula is C11H9ClN4OS2. The number of thiocarbonyl (C=S) groups is 1. The number of halogens is 1. The number of rotatable bonds is 3. The predicted octanol–water partition coefficient (Wildman–Crippen LogP) is 2.41. The summed E-state index contributed by atoms with van der Waals surface area (Å²) in [6.07, 6.45) is 1.43. The van der Waals surface area contributed by atoms with Crippen molar-refractivity contribution in [3.8, 4) is 0 Å². The van der Waals surface area contributed by atoms with Gasteiger partial charge in [-0.15, -0.1) is 0 Å². The van der Waals surface area contributed by atoms with Crippen molar-refractivity contribution in [2.75, 3.05) is 5.32 Å². The maximum absolute atomic E-state index is 11.0. The molecule has 1 heterocycles. The topological polar surface area (TPSA) is 69.3 Å². The van der Waals surface area contributed by atoms with Crippen LogP contribution < -0.4 is 15.6 Å². The molecule has 0 radical (unpaired) electrons. The van der Waals surface area contributed by atoms with Crippen molar-refractivity contribution in [3.63, 3.8) is 0 Å².